The molecule has 0 fully saturated rings. The number of nitrogens with zero attached hydrogens (tertiary/aromatic N) is 7. The molecule has 1 N–H and O–H groups in total. The number of tetrazole rings is 1. The Morgan fingerprint density at radius 1 is 1.06 bits per heavy atom. The molecule has 0 saturated carbocycles. The Hall–Kier alpha value is -3.75. The number of unbranched alkanes of at least 4 members (excludes halogenated alkanes) is 1. The van der Waals surface area contributed by atoms with E-state index >= 15 is 0 Å². The van der Waals surface area contributed by atoms with Crippen molar-refractivity contribution in [3.8, 4) is 22.5 Å². The predicted molar refractivity (Wildman–Crippen MR) is 120 cm³/mol. The highest BCUT2D eigenvalue weighted by atomic mass is 16.1. The number of benzene rings is 1. The predicted octanol–water partition coefficient (Wildman–Crippen LogP) is 3.89. The maximum absolute atomic E-state index is 12.4. The fourth-order valence-corrected chi connectivity index (χ4v) is 3.54. The zero-order valence-electron chi connectivity index (χ0n) is 18.3. The first-order chi connectivity index (χ1) is 15.7. The lowest BCUT2D eigenvalue weighted by atomic mass is 9.99. The van der Waals surface area contributed by atoms with E-state index in [0.717, 1.165) is 53.9 Å². The van der Waals surface area contributed by atoms with Gasteiger partial charge in [0.15, 0.2) is 0 Å². The molecule has 9 nitrogen and oxygen atoms in total. The number of carbonyl (C=O) groups excluding carboxylic acids is 1. The van der Waals surface area contributed by atoms with Crippen LogP contribution in [0.1, 0.15) is 61.5 Å². The summed E-state index contributed by atoms with van der Waals surface area (Å²) in [6.45, 7) is 4.90. The van der Waals surface area contributed by atoms with Gasteiger partial charge >= 0.3 is 0 Å². The summed E-state index contributed by atoms with van der Waals surface area (Å²) in [5.41, 5.74) is 3.89. The molecule has 0 spiro atoms. The molecule has 32 heavy (non-hydrogen) atoms. The normalized spacial score (nSPS) is 11.1. The van der Waals surface area contributed by atoms with Crippen LogP contribution in [0.25, 0.3) is 22.5 Å². The molecule has 0 aliphatic carbocycles. The van der Waals surface area contributed by atoms with Gasteiger partial charge in [0, 0.05) is 42.9 Å². The Balaban J connectivity index is 1.56. The Bertz CT molecular complexity index is 1170. The zero-order chi connectivity index (χ0) is 22.3. The summed E-state index contributed by atoms with van der Waals surface area (Å²) in [6.07, 6.45) is 7.38. The molecule has 0 bridgehead atoms. The number of Topliss-reactive ketones (excluding diaryl/α,β-unsaturated/α-hetero) is 1. The van der Waals surface area contributed by atoms with E-state index in [2.05, 4.69) is 61.7 Å². The molecule has 0 amide bonds. The number of aryl methyl sites for hydroxylation is 1. The summed E-state index contributed by atoms with van der Waals surface area (Å²) in [4.78, 5) is 21.2. The molecule has 0 saturated heterocycles. The van der Waals surface area contributed by atoms with E-state index in [0.29, 0.717) is 24.5 Å². The average Bonchev–Trinajstić information content (AvgIpc) is 3.49. The number of aromatic nitrogens is 8. The van der Waals surface area contributed by atoms with Crippen molar-refractivity contribution in [2.45, 2.75) is 52.5 Å². The molecule has 0 aliphatic rings. The van der Waals surface area contributed by atoms with Gasteiger partial charge in [0.1, 0.15) is 5.82 Å². The summed E-state index contributed by atoms with van der Waals surface area (Å²) in [7, 11) is 0. The van der Waals surface area contributed by atoms with Gasteiger partial charge in [-0.15, -0.1) is 15.3 Å². The summed E-state index contributed by atoms with van der Waals surface area (Å²) in [5.74, 6) is 1.69. The van der Waals surface area contributed by atoms with Crippen molar-refractivity contribution in [3.05, 3.63) is 59.9 Å². The van der Waals surface area contributed by atoms with Gasteiger partial charge < -0.3 is 0 Å². The molecule has 3 aromatic heterocycles. The SMILES string of the molecule is CCCCC(=O)c1nc(Cc2ccc(-c3cnccc3-c3nn[nH]n3)cc2)n(CCC)n1. The topological polar surface area (TPSA) is 115 Å². The zero-order valence-corrected chi connectivity index (χ0v) is 18.3. The minimum Gasteiger partial charge on any atom is -0.291 e. The molecule has 3 heterocycles. The van der Waals surface area contributed by atoms with E-state index < -0.39 is 0 Å². The van der Waals surface area contributed by atoms with Crippen LogP contribution in [0.5, 0.6) is 0 Å². The minimum absolute atomic E-state index is 0.0175. The van der Waals surface area contributed by atoms with Gasteiger partial charge in [-0.1, -0.05) is 44.5 Å². The Kier molecular flexibility index (Phi) is 6.74. The molecule has 4 rings (SSSR count). The number of H-pyrrole nitrogens is 1. The molecular formula is C23H26N8O. The number of ketones is 1. The fourth-order valence-electron chi connectivity index (χ4n) is 3.54. The van der Waals surface area contributed by atoms with Gasteiger partial charge in [-0.2, -0.15) is 5.21 Å². The number of aromatic amines is 1. The van der Waals surface area contributed by atoms with E-state index in [9.17, 15) is 4.79 Å². The summed E-state index contributed by atoms with van der Waals surface area (Å²) < 4.78 is 1.86. The second-order valence-corrected chi connectivity index (χ2v) is 7.63. The number of rotatable bonds is 10. The third-order valence-corrected chi connectivity index (χ3v) is 5.23. The molecule has 0 aliphatic heterocycles. The lowest BCUT2D eigenvalue weighted by molar-refractivity contribution is 0.0969. The van der Waals surface area contributed by atoms with Crippen LogP contribution in [-0.4, -0.2) is 46.2 Å². The van der Waals surface area contributed by atoms with Crippen molar-refractivity contribution in [3.63, 3.8) is 0 Å². The number of carbonyl (C=O) groups is 1. The van der Waals surface area contributed by atoms with E-state index in [-0.39, 0.29) is 5.78 Å². The first-order valence-corrected chi connectivity index (χ1v) is 10.9. The van der Waals surface area contributed by atoms with Crippen molar-refractivity contribution in [1.29, 1.82) is 0 Å². The summed E-state index contributed by atoms with van der Waals surface area (Å²) in [5, 5.41) is 18.8. The second-order valence-electron chi connectivity index (χ2n) is 7.63. The van der Waals surface area contributed by atoms with Crippen LogP contribution in [0.2, 0.25) is 0 Å². The van der Waals surface area contributed by atoms with Crippen molar-refractivity contribution in [1.82, 2.24) is 40.4 Å². The third kappa shape index (κ3) is 4.77. The van der Waals surface area contributed by atoms with E-state index in [1.807, 2.05) is 22.9 Å². The van der Waals surface area contributed by atoms with Crippen LogP contribution in [0, 0.1) is 0 Å². The van der Waals surface area contributed by atoms with Gasteiger partial charge in [0.2, 0.25) is 17.4 Å². The van der Waals surface area contributed by atoms with Crippen LogP contribution < -0.4 is 0 Å². The molecule has 1 aromatic carbocycles. The van der Waals surface area contributed by atoms with Gasteiger partial charge in [-0.05, 0) is 35.2 Å². The average molecular weight is 431 g/mol. The Morgan fingerprint density at radius 3 is 2.62 bits per heavy atom. The molecule has 0 radical (unpaired) electrons. The lowest BCUT2D eigenvalue weighted by Gasteiger charge is -2.08. The number of pyridine rings is 1. The lowest BCUT2D eigenvalue weighted by Crippen LogP contribution is -2.06. The molecule has 0 atom stereocenters. The van der Waals surface area contributed by atoms with Crippen LogP contribution in [0.3, 0.4) is 0 Å². The number of hydrogen-bond donors (Lipinski definition) is 1. The smallest absolute Gasteiger partial charge is 0.217 e. The first-order valence-electron chi connectivity index (χ1n) is 10.9. The van der Waals surface area contributed by atoms with E-state index in [4.69, 9.17) is 0 Å². The fraction of sp³-hybridized carbons (Fsp3) is 0.348. The van der Waals surface area contributed by atoms with Crippen molar-refractivity contribution >= 4 is 5.78 Å². The van der Waals surface area contributed by atoms with Crippen molar-refractivity contribution in [2.75, 3.05) is 0 Å². The molecule has 9 heteroatoms. The van der Waals surface area contributed by atoms with Gasteiger partial charge in [0.25, 0.3) is 0 Å². The quantitative estimate of drug-likeness (QED) is 0.379. The molecule has 0 unspecified atom stereocenters. The molecular weight excluding hydrogens is 404 g/mol. The highest BCUT2D eigenvalue weighted by molar-refractivity contribution is 5.92. The highest BCUT2D eigenvalue weighted by Gasteiger charge is 2.16. The monoisotopic (exact) mass is 430 g/mol. The van der Waals surface area contributed by atoms with Gasteiger partial charge in [-0.25, -0.2) is 9.67 Å². The Morgan fingerprint density at radius 2 is 1.91 bits per heavy atom. The molecule has 164 valence electrons. The van der Waals surface area contributed by atoms with Crippen LogP contribution in [0.4, 0.5) is 0 Å². The maximum Gasteiger partial charge on any atom is 0.217 e. The summed E-state index contributed by atoms with van der Waals surface area (Å²) >= 11 is 0. The van der Waals surface area contributed by atoms with Crippen LogP contribution in [0.15, 0.2) is 42.7 Å². The second kappa shape index (κ2) is 10.0. The van der Waals surface area contributed by atoms with E-state index in [1.165, 1.54) is 0 Å². The first kappa shape index (κ1) is 21.5. The third-order valence-electron chi connectivity index (χ3n) is 5.23. The highest BCUT2D eigenvalue weighted by Crippen LogP contribution is 2.29. The number of nitrogens with one attached hydrogen (secondary N) is 1. The van der Waals surface area contributed by atoms with Gasteiger partial charge in [0.05, 0.1) is 0 Å². The number of hydrogen-bond acceptors (Lipinski definition) is 7. The summed E-state index contributed by atoms with van der Waals surface area (Å²) in [6, 6.07) is 10.1. The van der Waals surface area contributed by atoms with E-state index in [1.54, 1.807) is 12.4 Å². The minimum atomic E-state index is 0.0175. The Labute approximate surface area is 186 Å². The maximum atomic E-state index is 12.4. The van der Waals surface area contributed by atoms with Crippen molar-refractivity contribution < 1.29 is 4.79 Å². The molecule has 4 aromatic rings. The van der Waals surface area contributed by atoms with Crippen molar-refractivity contribution in [2.24, 2.45) is 0 Å². The van der Waals surface area contributed by atoms with Crippen LogP contribution >= 0.6 is 0 Å². The largest absolute Gasteiger partial charge is 0.291 e. The standard InChI is InChI=1S/C23H26N8O/c1-3-5-6-20(32)23-25-21(31(28-23)13-4-2)14-16-7-9-17(10-8-16)19-15-24-12-11-18(19)22-26-29-30-27-22/h7-12,15H,3-6,13-14H2,1-2H3,(H,26,27,29,30). The van der Waals surface area contributed by atoms with Gasteiger partial charge in [-0.3, -0.25) is 9.78 Å². The van der Waals surface area contributed by atoms with Crippen LogP contribution in [-0.2, 0) is 13.0 Å².